The van der Waals surface area contributed by atoms with Crippen LogP contribution in [-0.2, 0) is 21.2 Å². The van der Waals surface area contributed by atoms with E-state index in [-0.39, 0.29) is 0 Å². The number of benzene rings is 1. The molecule has 0 aliphatic carbocycles. The Hall–Kier alpha value is -0.650. The van der Waals surface area contributed by atoms with E-state index in [0.717, 1.165) is 5.56 Å². The molecule has 0 aliphatic heterocycles. The summed E-state index contributed by atoms with van der Waals surface area (Å²) < 4.78 is 32.8. The zero-order valence-electron chi connectivity index (χ0n) is 10.3. The lowest BCUT2D eigenvalue weighted by Gasteiger charge is -2.16. The normalized spacial score (nSPS) is 11.4. The molecule has 0 spiro atoms. The highest BCUT2D eigenvalue weighted by Gasteiger charge is 2.21. The molecule has 1 aromatic carbocycles. The fraction of sp³-hybridized carbons (Fsp3) is 0.455. The van der Waals surface area contributed by atoms with Crippen molar-refractivity contribution in [1.29, 1.82) is 0 Å². The molecule has 1 aromatic rings. The molecule has 0 aliphatic rings. The second-order valence-corrected chi connectivity index (χ2v) is 6.76. The molecule has 0 atom stereocenters. The van der Waals surface area contributed by atoms with Crippen LogP contribution in [0.15, 0.2) is 6.07 Å². The van der Waals surface area contributed by atoms with Crippen molar-refractivity contribution in [3.8, 4) is 11.5 Å². The first-order valence-electron chi connectivity index (χ1n) is 5.18. The van der Waals surface area contributed by atoms with E-state index in [2.05, 4.69) is 0 Å². The van der Waals surface area contributed by atoms with E-state index < -0.39 is 14.8 Å². The molecule has 0 unspecified atom stereocenters. The third kappa shape index (κ3) is 3.43. The average Bonchev–Trinajstić information content (AvgIpc) is 2.29. The third-order valence-electron chi connectivity index (χ3n) is 2.47. The van der Waals surface area contributed by atoms with Crippen LogP contribution in [0.3, 0.4) is 0 Å². The maximum absolute atomic E-state index is 11.2. The molecule has 0 amide bonds. The first-order valence-corrected chi connectivity index (χ1v) is 8.04. The monoisotopic (exact) mass is 312 g/mol. The Morgan fingerprint density at radius 2 is 1.89 bits per heavy atom. The van der Waals surface area contributed by atoms with Crippen LogP contribution < -0.4 is 9.47 Å². The Bertz CT molecular complexity index is 540. The Kier molecular flexibility index (Phi) is 5.13. The van der Waals surface area contributed by atoms with Crippen molar-refractivity contribution in [3.05, 3.63) is 22.2 Å². The summed E-state index contributed by atoms with van der Waals surface area (Å²) in [6, 6.07) is 1.73. The minimum atomic E-state index is -3.73. The van der Waals surface area contributed by atoms with Crippen LogP contribution in [0.2, 0.25) is 5.02 Å². The number of halogens is 2. The number of hydrogen-bond donors (Lipinski definition) is 0. The summed E-state index contributed by atoms with van der Waals surface area (Å²) in [5, 5.41) is 0.347. The second kappa shape index (κ2) is 5.99. The van der Waals surface area contributed by atoms with E-state index in [1.165, 1.54) is 14.2 Å². The van der Waals surface area contributed by atoms with Crippen LogP contribution in [0.5, 0.6) is 11.5 Å². The van der Waals surface area contributed by atoms with Gasteiger partial charge in [0.1, 0.15) is 0 Å². The largest absolute Gasteiger partial charge is 0.493 e. The number of hydrogen-bond acceptors (Lipinski definition) is 4. The van der Waals surface area contributed by atoms with E-state index in [1.807, 2.05) is 6.92 Å². The standard InChI is InChI=1S/C11H14Cl2O4S/c1-4-7-5-9(16-2)11(17-3)8(10(7)12)6-18(13,14)15/h5H,4,6H2,1-3H3. The van der Waals surface area contributed by atoms with Crippen LogP contribution in [0.4, 0.5) is 0 Å². The second-order valence-electron chi connectivity index (χ2n) is 3.60. The molecule has 0 fully saturated rings. The maximum Gasteiger partial charge on any atom is 0.236 e. The van der Waals surface area contributed by atoms with E-state index in [0.29, 0.717) is 28.5 Å². The first-order chi connectivity index (χ1) is 8.34. The van der Waals surface area contributed by atoms with E-state index in [1.54, 1.807) is 6.07 Å². The van der Waals surface area contributed by atoms with E-state index in [4.69, 9.17) is 31.8 Å². The minimum absolute atomic E-state index is 0.295. The maximum atomic E-state index is 11.2. The van der Waals surface area contributed by atoms with E-state index >= 15 is 0 Å². The number of rotatable bonds is 5. The Labute approximate surface area is 116 Å². The number of methoxy groups -OCH3 is 2. The van der Waals surface area contributed by atoms with Crippen LogP contribution >= 0.6 is 22.3 Å². The zero-order chi connectivity index (χ0) is 13.9. The highest BCUT2D eigenvalue weighted by atomic mass is 35.7. The average molecular weight is 313 g/mol. The summed E-state index contributed by atoms with van der Waals surface area (Å²) >= 11 is 6.17. The molecule has 0 heterocycles. The lowest BCUT2D eigenvalue weighted by atomic mass is 10.1. The summed E-state index contributed by atoms with van der Waals surface area (Å²) in [5.41, 5.74) is 1.11. The molecule has 1 rings (SSSR count). The van der Waals surface area contributed by atoms with Gasteiger partial charge in [-0.3, -0.25) is 0 Å². The summed E-state index contributed by atoms with van der Waals surface area (Å²) in [6.45, 7) is 1.91. The van der Waals surface area contributed by atoms with Crippen molar-refractivity contribution in [3.63, 3.8) is 0 Å². The molecule has 0 N–H and O–H groups in total. The summed E-state index contributed by atoms with van der Waals surface area (Å²) in [5.74, 6) is 0.332. The Morgan fingerprint density at radius 3 is 2.28 bits per heavy atom. The molecular weight excluding hydrogens is 299 g/mol. The molecule has 0 radical (unpaired) electrons. The number of ether oxygens (including phenoxy) is 2. The fourth-order valence-corrected chi connectivity index (χ4v) is 3.03. The molecule has 0 saturated heterocycles. The highest BCUT2D eigenvalue weighted by molar-refractivity contribution is 8.13. The molecular formula is C11H14Cl2O4S. The Morgan fingerprint density at radius 1 is 1.28 bits per heavy atom. The lowest BCUT2D eigenvalue weighted by Crippen LogP contribution is -2.03. The quantitative estimate of drug-likeness (QED) is 0.784. The van der Waals surface area contributed by atoms with Gasteiger partial charge in [0, 0.05) is 16.2 Å². The Balaban J connectivity index is 3.52. The molecule has 7 heteroatoms. The van der Waals surface area contributed by atoms with Crippen molar-refractivity contribution in [2.24, 2.45) is 0 Å². The predicted octanol–water partition coefficient (Wildman–Crippen LogP) is 2.99. The van der Waals surface area contributed by atoms with Crippen molar-refractivity contribution in [1.82, 2.24) is 0 Å². The smallest absolute Gasteiger partial charge is 0.236 e. The summed E-state index contributed by atoms with van der Waals surface area (Å²) in [6.07, 6.45) is 0.647. The fourth-order valence-electron chi connectivity index (χ4n) is 1.66. The van der Waals surface area contributed by atoms with Gasteiger partial charge in [0.2, 0.25) is 9.05 Å². The summed E-state index contributed by atoms with van der Waals surface area (Å²) in [7, 11) is 4.44. The van der Waals surface area contributed by atoms with Crippen LogP contribution in [0.1, 0.15) is 18.1 Å². The van der Waals surface area contributed by atoms with Gasteiger partial charge < -0.3 is 9.47 Å². The van der Waals surface area contributed by atoms with Crippen molar-refractivity contribution in [2.45, 2.75) is 19.1 Å². The third-order valence-corrected chi connectivity index (χ3v) is 3.90. The van der Waals surface area contributed by atoms with Gasteiger partial charge in [-0.25, -0.2) is 8.42 Å². The highest BCUT2D eigenvalue weighted by Crippen LogP contribution is 2.40. The van der Waals surface area contributed by atoms with Crippen LogP contribution in [0, 0.1) is 0 Å². The minimum Gasteiger partial charge on any atom is -0.493 e. The van der Waals surface area contributed by atoms with Gasteiger partial charge >= 0.3 is 0 Å². The van der Waals surface area contributed by atoms with Gasteiger partial charge in [0.25, 0.3) is 0 Å². The van der Waals surface area contributed by atoms with Gasteiger partial charge in [0.15, 0.2) is 11.5 Å². The first kappa shape index (κ1) is 15.4. The SMILES string of the molecule is CCc1cc(OC)c(OC)c(CS(=O)(=O)Cl)c1Cl. The number of aryl methyl sites for hydroxylation is 1. The molecule has 18 heavy (non-hydrogen) atoms. The van der Waals surface area contributed by atoms with Crippen molar-refractivity contribution in [2.75, 3.05) is 14.2 Å². The van der Waals surface area contributed by atoms with Crippen molar-refractivity contribution >= 4 is 31.3 Å². The van der Waals surface area contributed by atoms with Crippen LogP contribution in [0.25, 0.3) is 0 Å². The molecule has 0 saturated carbocycles. The van der Waals surface area contributed by atoms with Gasteiger partial charge in [-0.15, -0.1) is 0 Å². The lowest BCUT2D eigenvalue weighted by molar-refractivity contribution is 0.352. The predicted molar refractivity (Wildman–Crippen MR) is 72.4 cm³/mol. The van der Waals surface area contributed by atoms with Crippen LogP contribution in [-0.4, -0.2) is 22.6 Å². The van der Waals surface area contributed by atoms with Gasteiger partial charge in [-0.1, -0.05) is 18.5 Å². The topological polar surface area (TPSA) is 52.6 Å². The van der Waals surface area contributed by atoms with Gasteiger partial charge in [0.05, 0.1) is 25.0 Å². The van der Waals surface area contributed by atoms with Gasteiger partial charge in [-0.05, 0) is 18.1 Å². The van der Waals surface area contributed by atoms with Crippen molar-refractivity contribution < 1.29 is 17.9 Å². The summed E-state index contributed by atoms with van der Waals surface area (Å²) in [4.78, 5) is 0. The molecule has 102 valence electrons. The molecule has 0 bridgehead atoms. The van der Waals surface area contributed by atoms with E-state index in [9.17, 15) is 8.42 Å². The van der Waals surface area contributed by atoms with Gasteiger partial charge in [-0.2, -0.15) is 0 Å². The molecule has 4 nitrogen and oxygen atoms in total. The zero-order valence-corrected chi connectivity index (χ0v) is 12.6. The molecule has 0 aromatic heterocycles.